The molecule has 11 heteroatoms. The Morgan fingerprint density at radius 2 is 1.87 bits per heavy atom. The highest BCUT2D eigenvalue weighted by atomic mass is 35.5. The molecule has 0 unspecified atom stereocenters. The van der Waals surface area contributed by atoms with Crippen molar-refractivity contribution in [2.45, 2.75) is 6.61 Å². The second-order valence-corrected chi connectivity index (χ2v) is 8.00. The van der Waals surface area contributed by atoms with Gasteiger partial charge in [-0.25, -0.2) is 0 Å². The van der Waals surface area contributed by atoms with Gasteiger partial charge in [-0.2, -0.15) is 8.78 Å². The number of imide groups is 1. The van der Waals surface area contributed by atoms with Crippen LogP contribution in [0.4, 0.5) is 13.6 Å². The molecule has 0 saturated carbocycles. The minimum Gasteiger partial charge on any atom is -0.435 e. The Morgan fingerprint density at radius 1 is 1.16 bits per heavy atom. The first kappa shape index (κ1) is 23.1. The van der Waals surface area contributed by atoms with E-state index in [4.69, 9.17) is 23.2 Å². The fourth-order valence-electron chi connectivity index (χ4n) is 2.64. The number of ether oxygens (including phenoxy) is 1. The third-order valence-electron chi connectivity index (χ3n) is 4.07. The molecule has 1 saturated heterocycles. The third-order valence-corrected chi connectivity index (χ3v) is 5.54. The van der Waals surface area contributed by atoms with Crippen molar-refractivity contribution in [3.8, 4) is 5.75 Å². The van der Waals surface area contributed by atoms with Crippen molar-refractivity contribution < 1.29 is 27.9 Å². The van der Waals surface area contributed by atoms with Crippen LogP contribution in [-0.4, -0.2) is 41.7 Å². The van der Waals surface area contributed by atoms with Gasteiger partial charge in [0.2, 0.25) is 0 Å². The smallest absolute Gasteiger partial charge is 0.387 e. The molecule has 0 aromatic heterocycles. The zero-order valence-electron chi connectivity index (χ0n) is 15.6. The van der Waals surface area contributed by atoms with Gasteiger partial charge in [-0.15, -0.1) is 0 Å². The normalized spacial score (nSPS) is 15.1. The molecule has 3 amide bonds. The van der Waals surface area contributed by atoms with Crippen LogP contribution in [0.25, 0.3) is 6.08 Å². The van der Waals surface area contributed by atoms with Crippen LogP contribution >= 0.6 is 35.0 Å². The molecule has 0 aliphatic carbocycles. The van der Waals surface area contributed by atoms with E-state index in [1.54, 1.807) is 6.07 Å². The van der Waals surface area contributed by atoms with Crippen LogP contribution in [0.5, 0.6) is 5.75 Å². The van der Waals surface area contributed by atoms with Crippen LogP contribution < -0.4 is 10.1 Å². The summed E-state index contributed by atoms with van der Waals surface area (Å²) in [5.74, 6) is -1.02. The number of carbonyl (C=O) groups excluding carboxylic acids is 3. The molecule has 1 N–H and O–H groups in total. The molecular weight excluding hydrogens is 473 g/mol. The lowest BCUT2D eigenvalue weighted by molar-refractivity contribution is -0.122. The van der Waals surface area contributed by atoms with Gasteiger partial charge in [-0.1, -0.05) is 35.3 Å². The summed E-state index contributed by atoms with van der Waals surface area (Å²) in [6.45, 7) is -2.95. The lowest BCUT2D eigenvalue weighted by Gasteiger charge is -2.13. The summed E-state index contributed by atoms with van der Waals surface area (Å²) < 4.78 is 28.7. The number of hydrogen-bond acceptors (Lipinski definition) is 5. The van der Waals surface area contributed by atoms with Gasteiger partial charge in [0.25, 0.3) is 17.1 Å². The SMILES string of the molecule is O=C(NCCN1C(=O)S/C(=C\c2ccc(OC(F)F)cc2)C1=O)c1cc(Cl)ccc1Cl. The topological polar surface area (TPSA) is 75.7 Å². The molecule has 0 atom stereocenters. The van der Waals surface area contributed by atoms with Gasteiger partial charge in [0, 0.05) is 18.1 Å². The van der Waals surface area contributed by atoms with E-state index in [1.807, 2.05) is 0 Å². The number of thioether (sulfide) groups is 1. The first-order chi connectivity index (χ1) is 14.7. The fraction of sp³-hybridized carbons (Fsp3) is 0.150. The molecule has 162 valence electrons. The van der Waals surface area contributed by atoms with E-state index in [9.17, 15) is 23.2 Å². The number of hydrogen-bond donors (Lipinski definition) is 1. The molecule has 0 spiro atoms. The zero-order valence-corrected chi connectivity index (χ0v) is 17.9. The maximum Gasteiger partial charge on any atom is 0.387 e. The Morgan fingerprint density at radius 3 is 2.55 bits per heavy atom. The average molecular weight is 487 g/mol. The number of benzene rings is 2. The highest BCUT2D eigenvalue weighted by Gasteiger charge is 2.34. The van der Waals surface area contributed by atoms with E-state index in [0.717, 1.165) is 16.7 Å². The number of alkyl halides is 2. The van der Waals surface area contributed by atoms with Crippen molar-refractivity contribution in [1.29, 1.82) is 0 Å². The highest BCUT2D eigenvalue weighted by molar-refractivity contribution is 8.18. The fourth-order valence-corrected chi connectivity index (χ4v) is 3.88. The van der Waals surface area contributed by atoms with Crippen molar-refractivity contribution >= 4 is 58.1 Å². The van der Waals surface area contributed by atoms with Crippen LogP contribution in [0, 0.1) is 0 Å². The number of rotatable bonds is 7. The molecular formula is C20H14Cl2F2N2O4S. The summed E-state index contributed by atoms with van der Waals surface area (Å²) in [6.07, 6.45) is 1.47. The summed E-state index contributed by atoms with van der Waals surface area (Å²) >= 11 is 12.6. The van der Waals surface area contributed by atoms with Crippen molar-refractivity contribution in [1.82, 2.24) is 10.2 Å². The molecule has 1 fully saturated rings. The van der Waals surface area contributed by atoms with E-state index in [0.29, 0.717) is 10.6 Å². The quantitative estimate of drug-likeness (QED) is 0.553. The second kappa shape index (κ2) is 10.1. The van der Waals surface area contributed by atoms with Gasteiger partial charge >= 0.3 is 6.61 Å². The lowest BCUT2D eigenvalue weighted by atomic mass is 10.2. The summed E-state index contributed by atoms with van der Waals surface area (Å²) in [5.41, 5.74) is 0.721. The van der Waals surface area contributed by atoms with Crippen LogP contribution in [0.15, 0.2) is 47.4 Å². The molecule has 2 aromatic carbocycles. The third kappa shape index (κ3) is 5.96. The van der Waals surface area contributed by atoms with Crippen LogP contribution in [0.3, 0.4) is 0 Å². The van der Waals surface area contributed by atoms with Gasteiger partial charge in [0.15, 0.2) is 0 Å². The number of halogens is 4. The van der Waals surface area contributed by atoms with Gasteiger partial charge in [-0.3, -0.25) is 19.3 Å². The van der Waals surface area contributed by atoms with E-state index in [2.05, 4.69) is 10.1 Å². The van der Waals surface area contributed by atoms with E-state index in [1.165, 1.54) is 42.5 Å². The van der Waals surface area contributed by atoms with E-state index >= 15 is 0 Å². The summed E-state index contributed by atoms with van der Waals surface area (Å²) in [4.78, 5) is 38.1. The summed E-state index contributed by atoms with van der Waals surface area (Å²) in [5, 5.41) is 2.68. The van der Waals surface area contributed by atoms with Crippen molar-refractivity contribution in [3.05, 3.63) is 68.5 Å². The molecule has 31 heavy (non-hydrogen) atoms. The maximum absolute atomic E-state index is 12.5. The first-order valence-corrected chi connectivity index (χ1v) is 10.4. The number of amides is 3. The van der Waals surface area contributed by atoms with Crippen LogP contribution in [0.2, 0.25) is 10.0 Å². The summed E-state index contributed by atoms with van der Waals surface area (Å²) in [6, 6.07) is 10.1. The Labute approximate surface area is 190 Å². The predicted octanol–water partition coefficient (Wildman–Crippen LogP) is 5.06. The standard InChI is InChI=1S/C20H14Cl2F2N2O4S/c21-12-3-6-15(22)14(10-12)17(27)25-7-8-26-18(28)16(31-20(26)29)9-11-1-4-13(5-2-11)30-19(23)24/h1-6,9-10,19H,7-8H2,(H,25,27)/b16-9-. The number of nitrogens with zero attached hydrogens (tertiary/aromatic N) is 1. The molecule has 1 heterocycles. The minimum atomic E-state index is -2.93. The predicted molar refractivity (Wildman–Crippen MR) is 115 cm³/mol. The number of carbonyl (C=O) groups is 3. The highest BCUT2D eigenvalue weighted by Crippen LogP contribution is 2.32. The lowest BCUT2D eigenvalue weighted by Crippen LogP contribution is -2.37. The van der Waals surface area contributed by atoms with Crippen molar-refractivity contribution in [2.24, 2.45) is 0 Å². The Bertz CT molecular complexity index is 1050. The van der Waals surface area contributed by atoms with E-state index in [-0.39, 0.29) is 34.3 Å². The zero-order chi connectivity index (χ0) is 22.5. The molecule has 1 aliphatic heterocycles. The average Bonchev–Trinajstić information content (AvgIpc) is 2.98. The number of nitrogens with one attached hydrogen (secondary N) is 1. The first-order valence-electron chi connectivity index (χ1n) is 8.78. The Hall–Kier alpha value is -2.62. The minimum absolute atomic E-state index is 0.0178. The second-order valence-electron chi connectivity index (χ2n) is 6.16. The van der Waals surface area contributed by atoms with Gasteiger partial charge in [-0.05, 0) is 53.7 Å². The van der Waals surface area contributed by atoms with Gasteiger partial charge in [0.1, 0.15) is 5.75 Å². The molecule has 6 nitrogen and oxygen atoms in total. The Balaban J connectivity index is 1.59. The van der Waals surface area contributed by atoms with Crippen LogP contribution in [-0.2, 0) is 4.79 Å². The monoisotopic (exact) mass is 486 g/mol. The van der Waals surface area contributed by atoms with E-state index < -0.39 is 23.7 Å². The van der Waals surface area contributed by atoms with Crippen molar-refractivity contribution in [3.63, 3.8) is 0 Å². The Kier molecular flexibility index (Phi) is 7.53. The summed E-state index contributed by atoms with van der Waals surface area (Å²) in [7, 11) is 0. The largest absolute Gasteiger partial charge is 0.435 e. The maximum atomic E-state index is 12.5. The molecule has 0 radical (unpaired) electrons. The van der Waals surface area contributed by atoms with Gasteiger partial charge < -0.3 is 10.1 Å². The van der Waals surface area contributed by atoms with Crippen LogP contribution in [0.1, 0.15) is 15.9 Å². The molecule has 2 aromatic rings. The molecule has 0 bridgehead atoms. The van der Waals surface area contributed by atoms with Crippen molar-refractivity contribution in [2.75, 3.05) is 13.1 Å². The molecule has 3 rings (SSSR count). The van der Waals surface area contributed by atoms with Gasteiger partial charge in [0.05, 0.1) is 15.5 Å². The molecule has 1 aliphatic rings.